The highest BCUT2D eigenvalue weighted by Gasteiger charge is 2.38. The Kier molecular flexibility index (Phi) is 3.66. The molecule has 1 aliphatic rings. The van der Waals surface area contributed by atoms with E-state index in [9.17, 15) is 0 Å². The molecule has 2 heteroatoms. The maximum Gasteiger partial charge on any atom is 0.0627 e. The molecule has 0 amide bonds. The Morgan fingerprint density at radius 2 is 1.13 bits per heavy atom. The lowest BCUT2D eigenvalue weighted by molar-refractivity contribution is 0.664. The highest BCUT2D eigenvalue weighted by molar-refractivity contribution is 6.34. The van der Waals surface area contributed by atoms with Gasteiger partial charge >= 0.3 is 0 Å². The molecule has 208 valence electrons. The lowest BCUT2D eigenvalue weighted by atomic mass is 9.81. The van der Waals surface area contributed by atoms with Crippen molar-refractivity contribution in [3.05, 3.63) is 132 Å². The van der Waals surface area contributed by atoms with E-state index in [0.717, 1.165) is 0 Å². The summed E-state index contributed by atoms with van der Waals surface area (Å²) in [4.78, 5) is 0. The van der Waals surface area contributed by atoms with E-state index in [1.165, 1.54) is 109 Å². The van der Waals surface area contributed by atoms with E-state index >= 15 is 0 Å². The van der Waals surface area contributed by atoms with Crippen molar-refractivity contribution < 1.29 is 0 Å². The lowest BCUT2D eigenvalue weighted by Crippen LogP contribution is -2.15. The molecule has 0 spiro atoms. The Morgan fingerprint density at radius 3 is 2.04 bits per heavy atom. The van der Waals surface area contributed by atoms with Crippen molar-refractivity contribution in [1.82, 2.24) is 8.80 Å². The van der Waals surface area contributed by atoms with Gasteiger partial charge in [0.05, 0.1) is 33.1 Å². The number of nitrogens with zero attached hydrogens (tertiary/aromatic N) is 2. The number of fused-ring (bicyclic) bond motifs is 18. The van der Waals surface area contributed by atoms with Gasteiger partial charge in [-0.3, -0.25) is 0 Å². The van der Waals surface area contributed by atoms with E-state index in [-0.39, 0.29) is 5.41 Å². The molecule has 0 atom stereocenters. The molecule has 0 aliphatic heterocycles. The summed E-state index contributed by atoms with van der Waals surface area (Å²) in [5.41, 5.74) is 13.4. The SMILES string of the molecule is CC1(C)c2ccccc2-c2ccc3c4c5ccccc5cc5c6cc7c8cccc9c%10ccccc%10n(c7cc6n(c3c21)c54)c98. The predicted octanol–water partition coefficient (Wildman–Crippen LogP) is 11.4. The van der Waals surface area contributed by atoms with Gasteiger partial charge in [-0.2, -0.15) is 0 Å². The second kappa shape index (κ2) is 7.20. The van der Waals surface area contributed by atoms with Crippen molar-refractivity contribution in [3.8, 4) is 11.1 Å². The van der Waals surface area contributed by atoms with E-state index in [1.807, 2.05) is 0 Å². The smallest absolute Gasteiger partial charge is 0.0627 e. The van der Waals surface area contributed by atoms with Crippen LogP contribution in [0.5, 0.6) is 0 Å². The van der Waals surface area contributed by atoms with Crippen LogP contribution in [0.25, 0.3) is 98.1 Å². The van der Waals surface area contributed by atoms with Crippen molar-refractivity contribution in [2.24, 2.45) is 0 Å². The molecular weight excluding hydrogens is 544 g/mol. The molecule has 0 radical (unpaired) electrons. The molecule has 0 saturated heterocycles. The molecule has 2 nitrogen and oxygen atoms in total. The molecule has 45 heavy (non-hydrogen) atoms. The van der Waals surface area contributed by atoms with Gasteiger partial charge in [-0.25, -0.2) is 0 Å². The fraction of sp³-hybridized carbons (Fsp3) is 0.0698. The maximum atomic E-state index is 2.64. The summed E-state index contributed by atoms with van der Waals surface area (Å²) in [6.07, 6.45) is 0. The molecular formula is C43H26N2. The first kappa shape index (κ1) is 22.9. The van der Waals surface area contributed by atoms with Gasteiger partial charge in [0.25, 0.3) is 0 Å². The molecule has 11 aromatic rings. The first-order valence-corrected chi connectivity index (χ1v) is 16.0. The van der Waals surface area contributed by atoms with E-state index in [2.05, 4.69) is 144 Å². The first-order valence-electron chi connectivity index (χ1n) is 16.0. The summed E-state index contributed by atoms with van der Waals surface area (Å²) in [7, 11) is 0. The lowest BCUT2D eigenvalue weighted by Gasteiger charge is -2.22. The molecule has 12 rings (SSSR count). The standard InChI is InChI=1S/C43H26N2/c1-43(2)34-16-7-5-12-25(34)27-18-19-30-38-24-11-4-3-10-23(24)20-33-32-21-31-29-15-9-14-28-26-13-6-8-17-35(26)44(40(28)29)36(31)22-37(32)45(41(33)38)42(30)39(27)43/h3-22H,1-2H3. The highest BCUT2D eigenvalue weighted by Crippen LogP contribution is 2.54. The largest absolute Gasteiger partial charge is 0.308 e. The molecule has 4 heterocycles. The van der Waals surface area contributed by atoms with Gasteiger partial charge in [0, 0.05) is 48.5 Å². The summed E-state index contributed by atoms with van der Waals surface area (Å²) in [5, 5.41) is 13.3. The number of hydrogen-bond acceptors (Lipinski definition) is 0. The van der Waals surface area contributed by atoms with Crippen LogP contribution in [-0.2, 0) is 5.41 Å². The Hall–Kier alpha value is -5.60. The van der Waals surface area contributed by atoms with Crippen LogP contribution in [-0.4, -0.2) is 8.80 Å². The molecule has 0 unspecified atom stereocenters. The van der Waals surface area contributed by atoms with Crippen LogP contribution < -0.4 is 0 Å². The van der Waals surface area contributed by atoms with Gasteiger partial charge in [-0.15, -0.1) is 0 Å². The second-order valence-corrected chi connectivity index (χ2v) is 13.7. The van der Waals surface area contributed by atoms with Crippen LogP contribution in [0.2, 0.25) is 0 Å². The monoisotopic (exact) mass is 570 g/mol. The number of benzene rings is 7. The molecule has 0 N–H and O–H groups in total. The van der Waals surface area contributed by atoms with Crippen LogP contribution in [0.4, 0.5) is 0 Å². The summed E-state index contributed by atoms with van der Waals surface area (Å²) in [5.74, 6) is 0. The summed E-state index contributed by atoms with van der Waals surface area (Å²) in [6.45, 7) is 4.83. The van der Waals surface area contributed by atoms with Crippen LogP contribution in [0.1, 0.15) is 25.0 Å². The normalized spacial score (nSPS) is 14.6. The van der Waals surface area contributed by atoms with Crippen molar-refractivity contribution in [1.29, 1.82) is 0 Å². The minimum atomic E-state index is -0.117. The fourth-order valence-corrected chi connectivity index (χ4v) is 9.54. The van der Waals surface area contributed by atoms with Gasteiger partial charge in [-0.1, -0.05) is 111 Å². The van der Waals surface area contributed by atoms with Gasteiger partial charge < -0.3 is 8.80 Å². The number of rotatable bonds is 0. The molecule has 1 aliphatic carbocycles. The van der Waals surface area contributed by atoms with Gasteiger partial charge in [0.15, 0.2) is 0 Å². The zero-order valence-electron chi connectivity index (χ0n) is 24.9. The third-order valence-corrected chi connectivity index (χ3v) is 11.3. The zero-order valence-corrected chi connectivity index (χ0v) is 24.9. The minimum Gasteiger partial charge on any atom is -0.308 e. The van der Waals surface area contributed by atoms with Crippen LogP contribution in [0, 0.1) is 0 Å². The Balaban J connectivity index is 1.39. The van der Waals surface area contributed by atoms with Gasteiger partial charge in [-0.05, 0) is 57.3 Å². The Morgan fingerprint density at radius 1 is 0.422 bits per heavy atom. The predicted molar refractivity (Wildman–Crippen MR) is 191 cm³/mol. The van der Waals surface area contributed by atoms with Crippen molar-refractivity contribution >= 4 is 87.0 Å². The Bertz CT molecular complexity index is 3110. The quantitative estimate of drug-likeness (QED) is 0.171. The molecule has 7 aromatic carbocycles. The molecule has 0 fully saturated rings. The average Bonchev–Trinajstić information content (AvgIpc) is 3.83. The Labute approximate surface area is 258 Å². The summed E-state index contributed by atoms with van der Waals surface area (Å²) >= 11 is 0. The first-order chi connectivity index (χ1) is 22.1. The highest BCUT2D eigenvalue weighted by atomic mass is 14.9. The number of hydrogen-bond donors (Lipinski definition) is 0. The van der Waals surface area contributed by atoms with Crippen LogP contribution in [0.15, 0.2) is 121 Å². The molecule has 4 aromatic heterocycles. The summed E-state index contributed by atoms with van der Waals surface area (Å²) in [6, 6.07) is 45.9. The average molecular weight is 571 g/mol. The second-order valence-electron chi connectivity index (χ2n) is 13.7. The van der Waals surface area contributed by atoms with Gasteiger partial charge in [0.1, 0.15) is 0 Å². The maximum absolute atomic E-state index is 2.64. The van der Waals surface area contributed by atoms with Crippen molar-refractivity contribution in [2.75, 3.05) is 0 Å². The van der Waals surface area contributed by atoms with E-state index in [1.54, 1.807) is 0 Å². The minimum absolute atomic E-state index is 0.117. The van der Waals surface area contributed by atoms with E-state index < -0.39 is 0 Å². The third-order valence-electron chi connectivity index (χ3n) is 11.3. The van der Waals surface area contributed by atoms with Crippen molar-refractivity contribution in [3.63, 3.8) is 0 Å². The van der Waals surface area contributed by atoms with Crippen molar-refractivity contribution in [2.45, 2.75) is 19.3 Å². The molecule has 0 bridgehead atoms. The van der Waals surface area contributed by atoms with Gasteiger partial charge in [0.2, 0.25) is 0 Å². The number of aromatic nitrogens is 2. The summed E-state index contributed by atoms with van der Waals surface area (Å²) < 4.78 is 5.16. The van der Waals surface area contributed by atoms with E-state index in [4.69, 9.17) is 0 Å². The van der Waals surface area contributed by atoms with Crippen LogP contribution >= 0.6 is 0 Å². The topological polar surface area (TPSA) is 8.82 Å². The van der Waals surface area contributed by atoms with Crippen LogP contribution in [0.3, 0.4) is 0 Å². The number of para-hydroxylation sites is 2. The third kappa shape index (κ3) is 2.37. The van der Waals surface area contributed by atoms with E-state index in [0.29, 0.717) is 0 Å². The zero-order chi connectivity index (χ0) is 29.3. The fourth-order valence-electron chi connectivity index (χ4n) is 9.54. The molecule has 0 saturated carbocycles.